The summed E-state index contributed by atoms with van der Waals surface area (Å²) >= 11 is 3.52. The fourth-order valence-corrected chi connectivity index (χ4v) is 5.01. The Hall–Kier alpha value is -2.84. The molecule has 1 saturated carbocycles. The van der Waals surface area contributed by atoms with Crippen LogP contribution in [0.1, 0.15) is 25.7 Å². The Morgan fingerprint density at radius 1 is 0.658 bits per heavy atom. The minimum Gasteiger partial charge on any atom is -0.493 e. The zero-order valence-corrected chi connectivity index (χ0v) is 23.3. The molecular weight excluding hydrogens is 520 g/mol. The second-order valence-electron chi connectivity index (χ2n) is 8.76. The summed E-state index contributed by atoms with van der Waals surface area (Å²) in [6.07, 6.45) is 6.13. The van der Waals surface area contributed by atoms with E-state index in [0.717, 1.165) is 34.5 Å². The average Bonchev–Trinajstić information content (AvgIpc) is 2.94. The highest BCUT2D eigenvalue weighted by atomic mass is 32.2. The van der Waals surface area contributed by atoms with Crippen LogP contribution in [-0.4, -0.2) is 48.2 Å². The number of carbonyl (C=O) groups is 2. The molecule has 0 spiro atoms. The Labute approximate surface area is 234 Å². The van der Waals surface area contributed by atoms with Gasteiger partial charge in [0.1, 0.15) is 23.0 Å². The second kappa shape index (κ2) is 16.9. The van der Waals surface area contributed by atoms with Crippen molar-refractivity contribution in [2.75, 3.05) is 36.2 Å². The molecule has 204 valence electrons. The zero-order valence-electron chi connectivity index (χ0n) is 21.7. The lowest BCUT2D eigenvalue weighted by molar-refractivity contribution is -0.145. The summed E-state index contributed by atoms with van der Waals surface area (Å²) in [5.41, 5.74) is 0. The summed E-state index contributed by atoms with van der Waals surface area (Å²) in [6, 6.07) is 14.2. The first-order valence-corrected chi connectivity index (χ1v) is 15.2. The standard InChI is InChI=1S/C30H36O6S2/c1-3-19-37-21-17-33-25-9-13-27(14-10-25)35-29(31)23-5-7-24(8-6-23)30(32)36-28-15-11-26(12-16-28)34-18-22-38-20-4-2/h3-4,9-16,23-24H,1-2,5-8,17-22H2/t23-,24-. The normalized spacial score (nSPS) is 16.7. The average molecular weight is 557 g/mol. The van der Waals surface area contributed by atoms with Crippen molar-refractivity contribution in [3.05, 3.63) is 73.8 Å². The number of thioether (sulfide) groups is 2. The summed E-state index contributed by atoms with van der Waals surface area (Å²) in [6.45, 7) is 8.61. The number of benzene rings is 2. The lowest BCUT2D eigenvalue weighted by atomic mass is 9.82. The number of esters is 2. The Bertz CT molecular complexity index is 931. The van der Waals surface area contributed by atoms with Crippen molar-refractivity contribution in [3.63, 3.8) is 0 Å². The van der Waals surface area contributed by atoms with E-state index in [2.05, 4.69) is 13.2 Å². The largest absolute Gasteiger partial charge is 0.493 e. The van der Waals surface area contributed by atoms with E-state index >= 15 is 0 Å². The van der Waals surface area contributed by atoms with Gasteiger partial charge in [-0.3, -0.25) is 9.59 Å². The lowest BCUT2D eigenvalue weighted by Gasteiger charge is -2.25. The van der Waals surface area contributed by atoms with Gasteiger partial charge in [0, 0.05) is 23.0 Å². The molecule has 38 heavy (non-hydrogen) atoms. The van der Waals surface area contributed by atoms with Gasteiger partial charge in [-0.1, -0.05) is 12.2 Å². The molecule has 1 aliphatic rings. The van der Waals surface area contributed by atoms with Crippen molar-refractivity contribution in [1.29, 1.82) is 0 Å². The summed E-state index contributed by atoms with van der Waals surface area (Å²) in [5, 5.41) is 0. The van der Waals surface area contributed by atoms with E-state index in [0.29, 0.717) is 50.4 Å². The highest BCUT2D eigenvalue weighted by Crippen LogP contribution is 2.32. The quantitative estimate of drug-likeness (QED) is 0.0991. The second-order valence-corrected chi connectivity index (χ2v) is 11.1. The van der Waals surface area contributed by atoms with Crippen molar-refractivity contribution in [2.24, 2.45) is 11.8 Å². The predicted molar refractivity (Wildman–Crippen MR) is 156 cm³/mol. The maximum absolute atomic E-state index is 12.7. The van der Waals surface area contributed by atoms with Crippen LogP contribution < -0.4 is 18.9 Å². The molecule has 6 nitrogen and oxygen atoms in total. The summed E-state index contributed by atoms with van der Waals surface area (Å²) in [7, 11) is 0. The number of hydrogen-bond acceptors (Lipinski definition) is 8. The minimum atomic E-state index is -0.259. The van der Waals surface area contributed by atoms with E-state index in [-0.39, 0.29) is 23.8 Å². The van der Waals surface area contributed by atoms with Gasteiger partial charge >= 0.3 is 11.9 Å². The Morgan fingerprint density at radius 2 is 1.00 bits per heavy atom. The van der Waals surface area contributed by atoms with Crippen molar-refractivity contribution >= 4 is 35.5 Å². The van der Waals surface area contributed by atoms with Crippen molar-refractivity contribution in [2.45, 2.75) is 25.7 Å². The van der Waals surface area contributed by atoms with Crippen LogP contribution in [0.3, 0.4) is 0 Å². The van der Waals surface area contributed by atoms with Crippen LogP contribution in [0, 0.1) is 11.8 Å². The fraction of sp³-hybridized carbons (Fsp3) is 0.400. The molecule has 8 heteroatoms. The van der Waals surface area contributed by atoms with E-state index in [1.54, 1.807) is 72.1 Å². The van der Waals surface area contributed by atoms with Crippen LogP contribution in [0.15, 0.2) is 73.8 Å². The molecular formula is C30H36O6S2. The van der Waals surface area contributed by atoms with Gasteiger partial charge in [0.25, 0.3) is 0 Å². The van der Waals surface area contributed by atoms with Crippen LogP contribution in [0.2, 0.25) is 0 Å². The van der Waals surface area contributed by atoms with Gasteiger partial charge in [-0.25, -0.2) is 0 Å². The molecule has 0 aromatic heterocycles. The molecule has 0 bridgehead atoms. The van der Waals surface area contributed by atoms with E-state index in [1.807, 2.05) is 12.2 Å². The third-order valence-corrected chi connectivity index (χ3v) is 7.80. The molecule has 0 N–H and O–H groups in total. The summed E-state index contributed by atoms with van der Waals surface area (Å²) in [4.78, 5) is 25.3. The molecule has 1 fully saturated rings. The molecule has 0 aliphatic heterocycles. The summed E-state index contributed by atoms with van der Waals surface area (Å²) in [5.74, 6) is 5.08. The third kappa shape index (κ3) is 10.5. The van der Waals surface area contributed by atoms with Crippen molar-refractivity contribution in [1.82, 2.24) is 0 Å². The Morgan fingerprint density at radius 3 is 1.34 bits per heavy atom. The highest BCUT2D eigenvalue weighted by Gasteiger charge is 2.32. The molecule has 0 heterocycles. The lowest BCUT2D eigenvalue weighted by Crippen LogP contribution is -2.30. The van der Waals surface area contributed by atoms with Gasteiger partial charge in [0.15, 0.2) is 0 Å². The molecule has 0 saturated heterocycles. The molecule has 3 rings (SSSR count). The molecule has 0 unspecified atom stereocenters. The first-order chi connectivity index (χ1) is 18.6. The third-order valence-electron chi connectivity index (χ3n) is 5.94. The van der Waals surface area contributed by atoms with Crippen LogP contribution >= 0.6 is 23.5 Å². The van der Waals surface area contributed by atoms with Gasteiger partial charge in [-0.15, -0.1) is 13.2 Å². The maximum atomic E-state index is 12.7. The van der Waals surface area contributed by atoms with E-state index in [1.165, 1.54) is 0 Å². The molecule has 1 aliphatic carbocycles. The molecule has 0 amide bonds. The van der Waals surface area contributed by atoms with Crippen LogP contribution in [0.5, 0.6) is 23.0 Å². The van der Waals surface area contributed by atoms with Crippen molar-refractivity contribution < 1.29 is 28.5 Å². The molecule has 0 radical (unpaired) electrons. The first-order valence-electron chi connectivity index (χ1n) is 12.9. The van der Waals surface area contributed by atoms with Gasteiger partial charge in [0.05, 0.1) is 25.0 Å². The molecule has 2 aromatic rings. The van der Waals surface area contributed by atoms with Gasteiger partial charge in [-0.2, -0.15) is 23.5 Å². The topological polar surface area (TPSA) is 71.1 Å². The van der Waals surface area contributed by atoms with E-state index < -0.39 is 0 Å². The number of carbonyl (C=O) groups excluding carboxylic acids is 2. The number of ether oxygens (including phenoxy) is 4. The first kappa shape index (κ1) is 29.7. The fourth-order valence-electron chi connectivity index (χ4n) is 3.94. The SMILES string of the molecule is C=CCSCCOc1ccc(OC(=O)[C@H]2CC[C@H](C(=O)Oc3ccc(OCCSCC=C)cc3)CC2)cc1. The van der Waals surface area contributed by atoms with Crippen LogP contribution in [0.25, 0.3) is 0 Å². The highest BCUT2D eigenvalue weighted by molar-refractivity contribution is 7.99. The van der Waals surface area contributed by atoms with Gasteiger partial charge in [-0.05, 0) is 74.2 Å². The Kier molecular flexibility index (Phi) is 13.2. The van der Waals surface area contributed by atoms with Gasteiger partial charge in [0.2, 0.25) is 0 Å². The van der Waals surface area contributed by atoms with Crippen LogP contribution in [-0.2, 0) is 9.59 Å². The number of rotatable bonds is 16. The zero-order chi connectivity index (χ0) is 27.0. The van der Waals surface area contributed by atoms with Crippen molar-refractivity contribution in [3.8, 4) is 23.0 Å². The molecule has 2 aromatic carbocycles. The van der Waals surface area contributed by atoms with E-state index in [9.17, 15) is 9.59 Å². The summed E-state index contributed by atoms with van der Waals surface area (Å²) < 4.78 is 22.5. The van der Waals surface area contributed by atoms with Crippen LogP contribution in [0.4, 0.5) is 0 Å². The monoisotopic (exact) mass is 556 g/mol. The minimum absolute atomic E-state index is 0.224. The molecule has 0 atom stereocenters. The maximum Gasteiger partial charge on any atom is 0.314 e. The van der Waals surface area contributed by atoms with E-state index in [4.69, 9.17) is 18.9 Å². The number of hydrogen-bond donors (Lipinski definition) is 0. The predicted octanol–water partition coefficient (Wildman–Crippen LogP) is 6.60. The van der Waals surface area contributed by atoms with Gasteiger partial charge < -0.3 is 18.9 Å². The smallest absolute Gasteiger partial charge is 0.314 e. The Balaban J connectivity index is 1.35.